The second-order valence-electron chi connectivity index (χ2n) is 6.82. The molecule has 0 amide bonds. The van der Waals surface area contributed by atoms with Crippen LogP contribution in [0.4, 0.5) is 0 Å². The molecule has 0 saturated carbocycles. The second kappa shape index (κ2) is 9.53. The van der Waals surface area contributed by atoms with Crippen molar-refractivity contribution in [2.24, 2.45) is 5.73 Å². The first-order chi connectivity index (χ1) is 14.4. The van der Waals surface area contributed by atoms with E-state index in [1.807, 2.05) is 24.3 Å². The summed E-state index contributed by atoms with van der Waals surface area (Å²) in [7, 11) is -3.31. The summed E-state index contributed by atoms with van der Waals surface area (Å²) >= 11 is 0. The lowest BCUT2D eigenvalue weighted by atomic mass is 10.1. The fourth-order valence-electron chi connectivity index (χ4n) is 2.63. The Labute approximate surface area is 177 Å². The van der Waals surface area contributed by atoms with Crippen molar-refractivity contribution in [2.75, 3.05) is 13.2 Å². The monoisotopic (exact) mass is 421 g/mol. The summed E-state index contributed by atoms with van der Waals surface area (Å²) in [4.78, 5) is 9.03. The molecule has 0 atom stereocenters. The van der Waals surface area contributed by atoms with E-state index >= 15 is 0 Å². The van der Waals surface area contributed by atoms with Gasteiger partial charge in [-0.3, -0.25) is 4.98 Å². The standard InChI is InChI=1S/C23H23N3O3S/c1-17(2)30(27,28)22-10-7-19(8-11-22)23-16-25-15-20(26-23)9-6-18-4-3-5-21(14-18)29-13-12-24/h3-5,7-8,10-11,14-17H,12-13,24H2,1-2H3. The van der Waals surface area contributed by atoms with Crippen molar-refractivity contribution in [3.8, 4) is 28.8 Å². The van der Waals surface area contributed by atoms with Crippen LogP contribution in [0.3, 0.4) is 0 Å². The number of benzene rings is 2. The van der Waals surface area contributed by atoms with Crippen LogP contribution in [-0.4, -0.2) is 36.8 Å². The molecule has 1 heterocycles. The van der Waals surface area contributed by atoms with E-state index in [1.54, 1.807) is 50.5 Å². The number of hydrogen-bond donors (Lipinski definition) is 1. The van der Waals surface area contributed by atoms with Gasteiger partial charge >= 0.3 is 0 Å². The molecule has 0 aliphatic carbocycles. The molecule has 0 radical (unpaired) electrons. The maximum atomic E-state index is 12.3. The lowest BCUT2D eigenvalue weighted by Gasteiger charge is -2.08. The van der Waals surface area contributed by atoms with Crippen LogP contribution < -0.4 is 10.5 Å². The molecule has 1 aromatic heterocycles. The average Bonchev–Trinajstić information content (AvgIpc) is 2.77. The highest BCUT2D eigenvalue weighted by Crippen LogP contribution is 2.21. The predicted octanol–water partition coefficient (Wildman–Crippen LogP) is 3.06. The third-order valence-electron chi connectivity index (χ3n) is 4.29. The van der Waals surface area contributed by atoms with Crippen molar-refractivity contribution >= 4 is 9.84 Å². The SMILES string of the molecule is CC(C)S(=O)(=O)c1ccc(-c2cncc(C#Cc3cccc(OCCN)c3)n2)cc1. The van der Waals surface area contributed by atoms with Crippen molar-refractivity contribution in [3.05, 3.63) is 72.2 Å². The number of hydrogen-bond acceptors (Lipinski definition) is 6. The summed E-state index contributed by atoms with van der Waals surface area (Å²) < 4.78 is 30.1. The number of nitrogens with zero attached hydrogens (tertiary/aromatic N) is 2. The third kappa shape index (κ3) is 5.23. The molecular weight excluding hydrogens is 398 g/mol. The van der Waals surface area contributed by atoms with E-state index in [0.717, 1.165) is 11.1 Å². The molecule has 7 heteroatoms. The molecule has 0 bridgehead atoms. The van der Waals surface area contributed by atoms with E-state index < -0.39 is 15.1 Å². The van der Waals surface area contributed by atoms with Crippen LogP contribution in [0.15, 0.2) is 65.8 Å². The maximum absolute atomic E-state index is 12.3. The lowest BCUT2D eigenvalue weighted by molar-refractivity contribution is 0.328. The smallest absolute Gasteiger partial charge is 0.180 e. The van der Waals surface area contributed by atoms with Gasteiger partial charge in [-0.2, -0.15) is 0 Å². The summed E-state index contributed by atoms with van der Waals surface area (Å²) in [5.74, 6) is 6.77. The molecule has 3 aromatic rings. The van der Waals surface area contributed by atoms with Gasteiger partial charge in [0.15, 0.2) is 9.84 Å². The predicted molar refractivity (Wildman–Crippen MR) is 117 cm³/mol. The minimum Gasteiger partial charge on any atom is -0.492 e. The van der Waals surface area contributed by atoms with Crippen LogP contribution in [0.5, 0.6) is 5.75 Å². The Balaban J connectivity index is 1.82. The molecule has 154 valence electrons. The van der Waals surface area contributed by atoms with Crippen LogP contribution in [-0.2, 0) is 9.84 Å². The highest BCUT2D eigenvalue weighted by Gasteiger charge is 2.18. The summed E-state index contributed by atoms with van der Waals surface area (Å²) in [5, 5.41) is -0.471. The van der Waals surface area contributed by atoms with Gasteiger partial charge in [-0.05, 0) is 50.1 Å². The Morgan fingerprint density at radius 1 is 1.07 bits per heavy atom. The maximum Gasteiger partial charge on any atom is 0.180 e. The lowest BCUT2D eigenvalue weighted by Crippen LogP contribution is -2.13. The Morgan fingerprint density at radius 2 is 1.83 bits per heavy atom. The molecule has 0 fully saturated rings. The fourth-order valence-corrected chi connectivity index (χ4v) is 3.69. The average molecular weight is 422 g/mol. The normalized spacial score (nSPS) is 11.1. The van der Waals surface area contributed by atoms with Gasteiger partial charge in [-0.1, -0.05) is 24.1 Å². The first kappa shape index (κ1) is 21.5. The van der Waals surface area contributed by atoms with Crippen molar-refractivity contribution in [3.63, 3.8) is 0 Å². The number of ether oxygens (including phenoxy) is 1. The Morgan fingerprint density at radius 3 is 2.53 bits per heavy atom. The van der Waals surface area contributed by atoms with Crippen LogP contribution in [0.1, 0.15) is 25.1 Å². The summed E-state index contributed by atoms with van der Waals surface area (Å²) in [6, 6.07) is 14.1. The fraction of sp³-hybridized carbons (Fsp3) is 0.217. The minimum absolute atomic E-state index is 0.293. The van der Waals surface area contributed by atoms with Gasteiger partial charge in [0, 0.05) is 17.7 Å². The number of nitrogens with two attached hydrogens (primary N) is 1. The molecular formula is C23H23N3O3S. The molecule has 0 aliphatic heterocycles. The Bertz CT molecular complexity index is 1180. The third-order valence-corrected chi connectivity index (χ3v) is 6.46. The van der Waals surface area contributed by atoms with Gasteiger partial charge in [0.2, 0.25) is 0 Å². The zero-order valence-corrected chi connectivity index (χ0v) is 17.7. The van der Waals surface area contributed by atoms with Crippen molar-refractivity contribution in [1.82, 2.24) is 9.97 Å². The minimum atomic E-state index is -3.31. The van der Waals surface area contributed by atoms with Gasteiger partial charge in [-0.15, -0.1) is 0 Å². The van der Waals surface area contributed by atoms with Gasteiger partial charge in [0.05, 0.1) is 28.2 Å². The summed E-state index contributed by atoms with van der Waals surface area (Å²) in [6.45, 7) is 4.22. The van der Waals surface area contributed by atoms with E-state index in [-0.39, 0.29) is 0 Å². The van der Waals surface area contributed by atoms with E-state index in [9.17, 15) is 8.42 Å². The molecule has 30 heavy (non-hydrogen) atoms. The van der Waals surface area contributed by atoms with Crippen LogP contribution in [0.25, 0.3) is 11.3 Å². The zero-order chi connectivity index (χ0) is 21.6. The first-order valence-electron chi connectivity index (χ1n) is 9.51. The van der Waals surface area contributed by atoms with E-state index in [4.69, 9.17) is 10.5 Å². The van der Waals surface area contributed by atoms with Crippen molar-refractivity contribution in [1.29, 1.82) is 0 Å². The van der Waals surface area contributed by atoms with Crippen LogP contribution >= 0.6 is 0 Å². The van der Waals surface area contributed by atoms with E-state index in [0.29, 0.717) is 35.2 Å². The molecule has 0 spiro atoms. The topological polar surface area (TPSA) is 95.2 Å². The number of rotatable bonds is 6. The largest absolute Gasteiger partial charge is 0.492 e. The molecule has 2 N–H and O–H groups in total. The molecule has 2 aromatic carbocycles. The van der Waals surface area contributed by atoms with E-state index in [2.05, 4.69) is 21.8 Å². The molecule has 0 unspecified atom stereocenters. The second-order valence-corrected chi connectivity index (χ2v) is 9.33. The number of aromatic nitrogens is 2. The van der Waals surface area contributed by atoms with Gasteiger partial charge in [-0.25, -0.2) is 13.4 Å². The van der Waals surface area contributed by atoms with Gasteiger partial charge in [0.1, 0.15) is 18.1 Å². The Kier molecular flexibility index (Phi) is 6.83. The molecule has 0 aliphatic rings. The van der Waals surface area contributed by atoms with Gasteiger partial charge < -0.3 is 10.5 Å². The molecule has 3 rings (SSSR count). The van der Waals surface area contributed by atoms with Crippen molar-refractivity contribution < 1.29 is 13.2 Å². The molecule has 0 saturated heterocycles. The summed E-state index contributed by atoms with van der Waals surface area (Å²) in [6.07, 6.45) is 3.21. The zero-order valence-electron chi connectivity index (χ0n) is 16.9. The number of sulfone groups is 1. The van der Waals surface area contributed by atoms with E-state index in [1.165, 1.54) is 0 Å². The summed E-state index contributed by atoms with van der Waals surface area (Å²) in [5.41, 5.74) is 8.15. The van der Waals surface area contributed by atoms with Crippen LogP contribution in [0.2, 0.25) is 0 Å². The Hall–Kier alpha value is -3.21. The molecule has 6 nitrogen and oxygen atoms in total. The highest BCUT2D eigenvalue weighted by molar-refractivity contribution is 7.92. The first-order valence-corrected chi connectivity index (χ1v) is 11.1. The van der Waals surface area contributed by atoms with Crippen molar-refractivity contribution in [2.45, 2.75) is 24.0 Å². The quantitative estimate of drug-likeness (QED) is 0.615. The highest BCUT2D eigenvalue weighted by atomic mass is 32.2. The van der Waals surface area contributed by atoms with Crippen LogP contribution in [0, 0.1) is 11.8 Å². The van der Waals surface area contributed by atoms with Gasteiger partial charge in [0.25, 0.3) is 0 Å².